The summed E-state index contributed by atoms with van der Waals surface area (Å²) in [5.74, 6) is 0.699. The molecular formula is C12H21NO2. The van der Waals surface area contributed by atoms with Crippen molar-refractivity contribution in [3.05, 3.63) is 0 Å². The van der Waals surface area contributed by atoms with E-state index in [4.69, 9.17) is 0 Å². The second kappa shape index (κ2) is 4.22. The van der Waals surface area contributed by atoms with Crippen LogP contribution in [0.1, 0.15) is 38.5 Å². The highest BCUT2D eigenvalue weighted by atomic mass is 16.3. The van der Waals surface area contributed by atoms with Gasteiger partial charge in [0.15, 0.2) is 0 Å². The van der Waals surface area contributed by atoms with Crippen LogP contribution in [0.3, 0.4) is 0 Å². The maximum absolute atomic E-state index is 11.6. The lowest BCUT2D eigenvalue weighted by Gasteiger charge is -2.28. The van der Waals surface area contributed by atoms with Crippen molar-refractivity contribution in [1.29, 1.82) is 0 Å². The Morgan fingerprint density at radius 3 is 2.53 bits per heavy atom. The van der Waals surface area contributed by atoms with Crippen LogP contribution in [0, 0.1) is 5.92 Å². The number of hydrogen-bond donors (Lipinski definition) is 1. The number of carbonyl (C=O) groups excluding carboxylic acids is 1. The highest BCUT2D eigenvalue weighted by Crippen LogP contribution is 2.32. The largest absolute Gasteiger partial charge is 0.389 e. The first kappa shape index (κ1) is 11.1. The minimum absolute atomic E-state index is 0.339. The molecule has 0 spiro atoms. The second-order valence-corrected chi connectivity index (χ2v) is 5.34. The molecule has 2 saturated carbocycles. The quantitative estimate of drug-likeness (QED) is 0.743. The summed E-state index contributed by atoms with van der Waals surface area (Å²) in [4.78, 5) is 13.6. The average Bonchev–Trinajstić information content (AvgIpc) is 2.90. The molecule has 0 unspecified atom stereocenters. The highest BCUT2D eigenvalue weighted by molar-refractivity contribution is 5.84. The SMILES string of the molecule is CN(CC(=O)C1CC1)CC1(O)CCCC1. The molecule has 3 heteroatoms. The van der Waals surface area contributed by atoms with Crippen molar-refractivity contribution in [1.82, 2.24) is 4.90 Å². The summed E-state index contributed by atoms with van der Waals surface area (Å²) >= 11 is 0. The van der Waals surface area contributed by atoms with Crippen LogP contribution in [0.2, 0.25) is 0 Å². The standard InChI is InChI=1S/C12H21NO2/c1-13(8-11(14)10-4-5-10)9-12(15)6-2-3-7-12/h10,15H,2-9H2,1H3. The Morgan fingerprint density at radius 2 is 2.00 bits per heavy atom. The smallest absolute Gasteiger partial charge is 0.149 e. The maximum atomic E-state index is 11.6. The third kappa shape index (κ3) is 3.02. The zero-order chi connectivity index (χ0) is 10.9. The van der Waals surface area contributed by atoms with E-state index in [2.05, 4.69) is 0 Å². The van der Waals surface area contributed by atoms with Gasteiger partial charge in [0.25, 0.3) is 0 Å². The molecule has 3 nitrogen and oxygen atoms in total. The van der Waals surface area contributed by atoms with Crippen LogP contribution in [0.4, 0.5) is 0 Å². The van der Waals surface area contributed by atoms with Gasteiger partial charge in [-0.3, -0.25) is 9.69 Å². The molecule has 86 valence electrons. The van der Waals surface area contributed by atoms with E-state index in [1.54, 1.807) is 0 Å². The maximum Gasteiger partial charge on any atom is 0.149 e. The van der Waals surface area contributed by atoms with Crippen LogP contribution in [0.25, 0.3) is 0 Å². The van der Waals surface area contributed by atoms with Crippen LogP contribution >= 0.6 is 0 Å². The third-order valence-corrected chi connectivity index (χ3v) is 3.56. The molecule has 2 fully saturated rings. The van der Waals surface area contributed by atoms with Crippen molar-refractivity contribution in [2.24, 2.45) is 5.92 Å². The van der Waals surface area contributed by atoms with Gasteiger partial charge in [0.05, 0.1) is 12.1 Å². The molecular weight excluding hydrogens is 190 g/mol. The van der Waals surface area contributed by atoms with Gasteiger partial charge < -0.3 is 5.11 Å². The molecule has 1 N–H and O–H groups in total. The van der Waals surface area contributed by atoms with E-state index in [1.807, 2.05) is 11.9 Å². The number of carbonyl (C=O) groups is 1. The van der Waals surface area contributed by atoms with E-state index in [1.165, 1.54) is 0 Å². The number of Topliss-reactive ketones (excluding diaryl/α,β-unsaturated/α-hetero) is 1. The molecule has 2 rings (SSSR count). The van der Waals surface area contributed by atoms with E-state index in [0.29, 0.717) is 24.8 Å². The highest BCUT2D eigenvalue weighted by Gasteiger charge is 2.34. The summed E-state index contributed by atoms with van der Waals surface area (Å²) in [6.45, 7) is 1.18. The fourth-order valence-electron chi connectivity index (χ4n) is 2.55. The summed E-state index contributed by atoms with van der Waals surface area (Å²) < 4.78 is 0. The van der Waals surface area contributed by atoms with Gasteiger partial charge in [-0.25, -0.2) is 0 Å². The predicted octanol–water partition coefficient (Wildman–Crippen LogP) is 1.20. The van der Waals surface area contributed by atoms with Gasteiger partial charge in [-0.1, -0.05) is 12.8 Å². The van der Waals surface area contributed by atoms with E-state index in [9.17, 15) is 9.90 Å². The summed E-state index contributed by atoms with van der Waals surface area (Å²) in [5.41, 5.74) is -0.515. The first-order valence-corrected chi connectivity index (χ1v) is 6.03. The number of nitrogens with zero attached hydrogens (tertiary/aromatic N) is 1. The van der Waals surface area contributed by atoms with Crippen LogP contribution < -0.4 is 0 Å². The molecule has 15 heavy (non-hydrogen) atoms. The molecule has 0 aromatic carbocycles. The van der Waals surface area contributed by atoms with E-state index in [-0.39, 0.29) is 0 Å². The Kier molecular flexibility index (Phi) is 3.12. The monoisotopic (exact) mass is 211 g/mol. The summed E-state index contributed by atoms with van der Waals surface area (Å²) in [5, 5.41) is 10.2. The molecule has 0 aliphatic heterocycles. The first-order valence-electron chi connectivity index (χ1n) is 6.03. The third-order valence-electron chi connectivity index (χ3n) is 3.56. The van der Waals surface area contributed by atoms with Crippen LogP contribution in [-0.4, -0.2) is 41.5 Å². The topological polar surface area (TPSA) is 40.5 Å². The minimum atomic E-state index is -0.515. The van der Waals surface area contributed by atoms with Gasteiger partial charge in [0, 0.05) is 12.5 Å². The summed E-state index contributed by atoms with van der Waals surface area (Å²) in [7, 11) is 1.94. The van der Waals surface area contributed by atoms with Gasteiger partial charge in [0.1, 0.15) is 5.78 Å². The average molecular weight is 211 g/mol. The Morgan fingerprint density at radius 1 is 1.40 bits per heavy atom. The number of hydrogen-bond acceptors (Lipinski definition) is 3. The normalized spacial score (nSPS) is 24.7. The molecule has 0 aromatic heterocycles. The Hall–Kier alpha value is -0.410. The van der Waals surface area contributed by atoms with Crippen LogP contribution in [0.5, 0.6) is 0 Å². The molecule has 0 atom stereocenters. The van der Waals surface area contributed by atoms with Crippen molar-refractivity contribution in [3.63, 3.8) is 0 Å². The molecule has 0 bridgehead atoms. The molecule has 0 heterocycles. The zero-order valence-corrected chi connectivity index (χ0v) is 9.54. The van der Waals surface area contributed by atoms with Crippen molar-refractivity contribution in [2.45, 2.75) is 44.1 Å². The molecule has 2 aliphatic rings. The lowest BCUT2D eigenvalue weighted by molar-refractivity contribution is -0.121. The van der Waals surface area contributed by atoms with E-state index >= 15 is 0 Å². The van der Waals surface area contributed by atoms with E-state index < -0.39 is 5.60 Å². The van der Waals surface area contributed by atoms with Crippen molar-refractivity contribution in [2.75, 3.05) is 20.1 Å². The van der Waals surface area contributed by atoms with Gasteiger partial charge in [0.2, 0.25) is 0 Å². The first-order chi connectivity index (χ1) is 7.09. The Balaban J connectivity index is 1.75. The predicted molar refractivity (Wildman–Crippen MR) is 58.6 cm³/mol. The van der Waals surface area contributed by atoms with E-state index in [0.717, 1.165) is 38.5 Å². The second-order valence-electron chi connectivity index (χ2n) is 5.34. The van der Waals surface area contributed by atoms with Crippen LogP contribution in [0.15, 0.2) is 0 Å². The number of ketones is 1. The van der Waals surface area contributed by atoms with Crippen LogP contribution in [-0.2, 0) is 4.79 Å². The summed E-state index contributed by atoms with van der Waals surface area (Å²) in [6, 6.07) is 0. The zero-order valence-electron chi connectivity index (χ0n) is 9.54. The molecule has 2 aliphatic carbocycles. The Labute approximate surface area is 91.5 Å². The molecule has 0 aromatic rings. The van der Waals surface area contributed by atoms with Crippen molar-refractivity contribution >= 4 is 5.78 Å². The minimum Gasteiger partial charge on any atom is -0.389 e. The lowest BCUT2D eigenvalue weighted by atomic mass is 10.0. The Bertz CT molecular complexity index is 242. The van der Waals surface area contributed by atoms with Gasteiger partial charge in [-0.05, 0) is 32.7 Å². The number of aliphatic hydroxyl groups is 1. The van der Waals surface area contributed by atoms with Gasteiger partial charge >= 0.3 is 0 Å². The number of likely N-dealkylation sites (N-methyl/N-ethyl adjacent to an activating group) is 1. The molecule has 0 saturated heterocycles. The van der Waals surface area contributed by atoms with Gasteiger partial charge in [-0.15, -0.1) is 0 Å². The molecule has 0 radical (unpaired) electrons. The van der Waals surface area contributed by atoms with Gasteiger partial charge in [-0.2, -0.15) is 0 Å². The fraction of sp³-hybridized carbons (Fsp3) is 0.917. The molecule has 0 amide bonds. The van der Waals surface area contributed by atoms with Crippen molar-refractivity contribution < 1.29 is 9.90 Å². The summed E-state index contributed by atoms with van der Waals surface area (Å²) in [6.07, 6.45) is 6.21. The van der Waals surface area contributed by atoms with Crippen molar-refractivity contribution in [3.8, 4) is 0 Å². The lowest BCUT2D eigenvalue weighted by Crippen LogP contribution is -2.41. The number of rotatable bonds is 5. The fourth-order valence-corrected chi connectivity index (χ4v) is 2.55.